The van der Waals surface area contributed by atoms with Crippen LogP contribution in [0.4, 0.5) is 14.5 Å². The molecule has 0 saturated heterocycles. The summed E-state index contributed by atoms with van der Waals surface area (Å²) in [5.41, 5.74) is 8.22. The van der Waals surface area contributed by atoms with E-state index in [-0.39, 0.29) is 5.56 Å². The van der Waals surface area contributed by atoms with Gasteiger partial charge in [-0.05, 0) is 37.1 Å². The van der Waals surface area contributed by atoms with Gasteiger partial charge in [-0.2, -0.15) is 0 Å². The molecule has 0 unspecified atom stereocenters. The van der Waals surface area contributed by atoms with Crippen LogP contribution in [0.25, 0.3) is 5.57 Å². The Balaban J connectivity index is 3.43. The third-order valence-corrected chi connectivity index (χ3v) is 3.48. The molecule has 0 spiro atoms. The van der Waals surface area contributed by atoms with Crippen molar-refractivity contribution in [3.63, 3.8) is 0 Å². The van der Waals surface area contributed by atoms with Crippen molar-refractivity contribution in [3.8, 4) is 0 Å². The summed E-state index contributed by atoms with van der Waals surface area (Å²) in [6.07, 6.45) is 0. The van der Waals surface area contributed by atoms with E-state index in [0.29, 0.717) is 22.0 Å². The first-order chi connectivity index (χ1) is 8.68. The van der Waals surface area contributed by atoms with Gasteiger partial charge in [0.1, 0.15) is 5.17 Å². The quantitative estimate of drug-likeness (QED) is 0.647. The van der Waals surface area contributed by atoms with Gasteiger partial charge >= 0.3 is 0 Å². The molecule has 19 heavy (non-hydrogen) atoms. The van der Waals surface area contributed by atoms with Crippen molar-refractivity contribution < 1.29 is 8.78 Å². The number of rotatable bonds is 3. The van der Waals surface area contributed by atoms with Gasteiger partial charge in [-0.3, -0.25) is 4.99 Å². The molecule has 0 atom stereocenters. The maximum absolute atomic E-state index is 13.3. The van der Waals surface area contributed by atoms with Crippen LogP contribution in [0.15, 0.2) is 28.8 Å². The standard InChI is InChI=1S/C14H17ClF2N2/c1-8(9(2)13(15)19-4)11-7-10(14(3,16)17)5-6-12(11)18/h5-7H,18H2,1-4H3/b9-8+,19-13?. The number of anilines is 1. The van der Waals surface area contributed by atoms with E-state index in [4.69, 9.17) is 17.3 Å². The number of alkyl halides is 2. The molecular weight excluding hydrogens is 270 g/mol. The minimum Gasteiger partial charge on any atom is -0.398 e. The van der Waals surface area contributed by atoms with Crippen LogP contribution < -0.4 is 5.73 Å². The lowest BCUT2D eigenvalue weighted by atomic mass is 9.97. The van der Waals surface area contributed by atoms with Gasteiger partial charge < -0.3 is 5.73 Å². The molecule has 0 saturated carbocycles. The van der Waals surface area contributed by atoms with E-state index in [1.54, 1.807) is 20.9 Å². The zero-order valence-electron chi connectivity index (χ0n) is 11.4. The van der Waals surface area contributed by atoms with Crippen molar-refractivity contribution in [2.24, 2.45) is 4.99 Å². The zero-order valence-corrected chi connectivity index (χ0v) is 12.1. The molecule has 5 heteroatoms. The summed E-state index contributed by atoms with van der Waals surface area (Å²) in [4.78, 5) is 3.87. The van der Waals surface area contributed by atoms with E-state index in [0.717, 1.165) is 12.5 Å². The fourth-order valence-electron chi connectivity index (χ4n) is 1.68. The predicted molar refractivity (Wildman–Crippen MR) is 77.9 cm³/mol. The van der Waals surface area contributed by atoms with Gasteiger partial charge in [-0.1, -0.05) is 17.7 Å². The largest absolute Gasteiger partial charge is 0.398 e. The summed E-state index contributed by atoms with van der Waals surface area (Å²) in [5, 5.41) is 0.338. The number of nitrogen functional groups attached to an aromatic ring is 1. The topological polar surface area (TPSA) is 38.4 Å². The van der Waals surface area contributed by atoms with Crippen LogP contribution >= 0.6 is 11.6 Å². The fourth-order valence-corrected chi connectivity index (χ4v) is 1.82. The molecule has 0 aliphatic heterocycles. The van der Waals surface area contributed by atoms with Crippen molar-refractivity contribution in [1.82, 2.24) is 0 Å². The maximum Gasteiger partial charge on any atom is 0.270 e. The van der Waals surface area contributed by atoms with Gasteiger partial charge in [0.15, 0.2) is 0 Å². The van der Waals surface area contributed by atoms with Crippen LogP contribution in [0.5, 0.6) is 0 Å². The first-order valence-electron chi connectivity index (χ1n) is 5.76. The van der Waals surface area contributed by atoms with Crippen LogP contribution in [0.3, 0.4) is 0 Å². The molecule has 0 radical (unpaired) electrons. The van der Waals surface area contributed by atoms with E-state index in [9.17, 15) is 8.78 Å². The van der Waals surface area contributed by atoms with Crippen molar-refractivity contribution in [2.75, 3.05) is 12.8 Å². The van der Waals surface area contributed by atoms with Crippen LogP contribution in [-0.2, 0) is 5.92 Å². The summed E-state index contributed by atoms with van der Waals surface area (Å²) in [5.74, 6) is -2.90. The Morgan fingerprint density at radius 3 is 2.37 bits per heavy atom. The van der Waals surface area contributed by atoms with Gasteiger partial charge in [0, 0.05) is 30.8 Å². The third kappa shape index (κ3) is 3.53. The van der Waals surface area contributed by atoms with Crippen LogP contribution in [0.1, 0.15) is 31.9 Å². The molecule has 0 amide bonds. The molecule has 1 aromatic carbocycles. The lowest BCUT2D eigenvalue weighted by Gasteiger charge is -2.15. The summed E-state index contributed by atoms with van der Waals surface area (Å²) in [7, 11) is 1.57. The zero-order chi connectivity index (χ0) is 14.8. The van der Waals surface area contributed by atoms with E-state index in [1.165, 1.54) is 18.2 Å². The molecule has 0 aliphatic carbocycles. The van der Waals surface area contributed by atoms with Crippen LogP contribution in [0.2, 0.25) is 0 Å². The molecule has 1 aromatic rings. The minimum atomic E-state index is -2.90. The summed E-state index contributed by atoms with van der Waals surface area (Å²) in [6.45, 7) is 4.42. The Bertz CT molecular complexity index is 543. The Morgan fingerprint density at radius 2 is 1.89 bits per heavy atom. The highest BCUT2D eigenvalue weighted by atomic mass is 35.5. The highest BCUT2D eigenvalue weighted by molar-refractivity contribution is 6.70. The molecule has 0 aliphatic rings. The van der Waals surface area contributed by atoms with Gasteiger partial charge in [-0.25, -0.2) is 8.78 Å². The van der Waals surface area contributed by atoms with Gasteiger partial charge in [-0.15, -0.1) is 0 Å². The fraction of sp³-hybridized carbons (Fsp3) is 0.357. The lowest BCUT2D eigenvalue weighted by molar-refractivity contribution is 0.0175. The van der Waals surface area contributed by atoms with E-state index in [1.807, 2.05) is 0 Å². The van der Waals surface area contributed by atoms with Gasteiger partial charge in [0.25, 0.3) is 5.92 Å². The smallest absolute Gasteiger partial charge is 0.270 e. The minimum absolute atomic E-state index is 0.0755. The number of halogens is 3. The SMILES string of the molecule is CN=C(Cl)/C(C)=C(\C)c1cc(C(C)(F)F)ccc1N. The van der Waals surface area contributed by atoms with E-state index in [2.05, 4.69) is 4.99 Å². The molecule has 0 fully saturated rings. The second kappa shape index (κ2) is 5.70. The number of nitrogens with zero attached hydrogens (tertiary/aromatic N) is 1. The predicted octanol–water partition coefficient (Wildman–Crippen LogP) is 4.44. The molecule has 0 bridgehead atoms. The monoisotopic (exact) mass is 286 g/mol. The number of benzene rings is 1. The summed E-state index contributed by atoms with van der Waals surface area (Å²) in [6, 6.07) is 4.21. The number of aliphatic imine (C=N–C) groups is 1. The average molecular weight is 287 g/mol. The van der Waals surface area contributed by atoms with Crippen molar-refractivity contribution in [2.45, 2.75) is 26.7 Å². The highest BCUT2D eigenvalue weighted by Crippen LogP contribution is 2.33. The Kier molecular flexibility index (Phi) is 4.69. The van der Waals surface area contributed by atoms with Crippen molar-refractivity contribution in [1.29, 1.82) is 0 Å². The van der Waals surface area contributed by atoms with Crippen LogP contribution in [0, 0.1) is 0 Å². The van der Waals surface area contributed by atoms with Crippen LogP contribution in [-0.4, -0.2) is 12.2 Å². The van der Waals surface area contributed by atoms with Gasteiger partial charge in [0.2, 0.25) is 0 Å². The second-order valence-electron chi connectivity index (χ2n) is 4.45. The number of hydrogen-bond acceptors (Lipinski definition) is 2. The maximum atomic E-state index is 13.3. The molecule has 104 valence electrons. The second-order valence-corrected chi connectivity index (χ2v) is 4.81. The molecular formula is C14H17ClF2N2. The Labute approximate surface area is 117 Å². The number of nitrogens with two attached hydrogens (primary N) is 1. The highest BCUT2D eigenvalue weighted by Gasteiger charge is 2.25. The normalized spacial score (nSPS) is 14.4. The van der Waals surface area contributed by atoms with Gasteiger partial charge in [0.05, 0.1) is 0 Å². The first kappa shape index (κ1) is 15.6. The Morgan fingerprint density at radius 1 is 1.32 bits per heavy atom. The lowest BCUT2D eigenvalue weighted by Crippen LogP contribution is -2.08. The molecule has 0 aromatic heterocycles. The third-order valence-electron chi connectivity index (χ3n) is 3.03. The summed E-state index contributed by atoms with van der Waals surface area (Å²) < 4.78 is 26.7. The van der Waals surface area contributed by atoms with E-state index >= 15 is 0 Å². The summed E-state index contributed by atoms with van der Waals surface area (Å²) >= 11 is 5.95. The number of hydrogen-bond donors (Lipinski definition) is 1. The first-order valence-corrected chi connectivity index (χ1v) is 6.14. The van der Waals surface area contributed by atoms with E-state index < -0.39 is 5.92 Å². The molecule has 2 N–H and O–H groups in total. The molecule has 0 heterocycles. The molecule has 1 rings (SSSR count). The Hall–Kier alpha value is -1.42. The number of allylic oxidation sites excluding steroid dienone is 2. The van der Waals surface area contributed by atoms with Crippen molar-refractivity contribution in [3.05, 3.63) is 34.9 Å². The van der Waals surface area contributed by atoms with Crippen molar-refractivity contribution >= 4 is 28.0 Å². The average Bonchev–Trinajstić information content (AvgIpc) is 2.35. The molecule has 2 nitrogen and oxygen atoms in total.